The van der Waals surface area contributed by atoms with Gasteiger partial charge in [0.15, 0.2) is 0 Å². The van der Waals surface area contributed by atoms with E-state index in [-0.39, 0.29) is 62.0 Å². The zero-order valence-electron chi connectivity index (χ0n) is 11.4. The van der Waals surface area contributed by atoms with E-state index in [1.807, 2.05) is 0 Å². The predicted octanol–water partition coefficient (Wildman–Crippen LogP) is 1.53. The minimum absolute atomic E-state index is 0. The topological polar surface area (TPSA) is 107 Å². The molecule has 0 atom stereocenters. The summed E-state index contributed by atoms with van der Waals surface area (Å²) in [4.78, 5) is 10.6. The number of aromatic carboxylic acids is 1. The van der Waals surface area contributed by atoms with Crippen LogP contribution >= 0.6 is 11.6 Å². The third kappa shape index (κ3) is 4.69. The van der Waals surface area contributed by atoms with Gasteiger partial charge >= 0.3 is 5.97 Å². The van der Waals surface area contributed by atoms with Crippen LogP contribution in [0.2, 0.25) is 5.02 Å². The molecule has 111 valence electrons. The first-order chi connectivity index (χ1) is 9.79. The van der Waals surface area contributed by atoms with Crippen molar-refractivity contribution >= 4 is 84.7 Å². The minimum Gasteiger partial charge on any atom is -0.872 e. The molecular weight excluding hydrogens is 357 g/mol. The van der Waals surface area contributed by atoms with Gasteiger partial charge in [-0.2, -0.15) is 0 Å². The molecule has 2 N–H and O–H groups in total. The monoisotopic (exact) mass is 365 g/mol. The Labute approximate surface area is 174 Å². The van der Waals surface area contributed by atoms with E-state index in [9.17, 15) is 18.3 Å². The van der Waals surface area contributed by atoms with Crippen molar-refractivity contribution in [2.24, 2.45) is 0 Å². The number of halogens is 1. The van der Waals surface area contributed by atoms with Crippen molar-refractivity contribution in [1.29, 1.82) is 0 Å². The second-order valence-electron chi connectivity index (χ2n) is 4.08. The van der Waals surface area contributed by atoms with Gasteiger partial charge in [0.25, 0.3) is 10.0 Å². The number of rotatable bonds is 4. The van der Waals surface area contributed by atoms with Crippen LogP contribution in [0.3, 0.4) is 0 Å². The Morgan fingerprint density at radius 2 is 1.73 bits per heavy atom. The van der Waals surface area contributed by atoms with Crippen molar-refractivity contribution in [2.75, 3.05) is 4.72 Å². The van der Waals surface area contributed by atoms with Gasteiger partial charge in [-0.1, -0.05) is 23.4 Å². The summed E-state index contributed by atoms with van der Waals surface area (Å²) in [6, 6.07) is 8.70. The predicted molar refractivity (Wildman–Crippen MR) is 80.9 cm³/mol. The van der Waals surface area contributed by atoms with Crippen LogP contribution < -0.4 is 9.83 Å². The first kappa shape index (κ1) is 19.4. The molecule has 0 aliphatic carbocycles. The summed E-state index contributed by atoms with van der Waals surface area (Å²) in [7, 11) is -3.99. The van der Waals surface area contributed by atoms with Crippen LogP contribution in [0, 0.1) is 0 Å². The molecule has 0 fully saturated rings. The van der Waals surface area contributed by atoms with Gasteiger partial charge < -0.3 is 10.2 Å². The van der Waals surface area contributed by atoms with Crippen LogP contribution in [0.5, 0.6) is 5.75 Å². The first-order valence-electron chi connectivity index (χ1n) is 5.62. The van der Waals surface area contributed by atoms with Crippen LogP contribution in [0.15, 0.2) is 47.4 Å². The molecule has 0 aliphatic heterocycles. The maximum atomic E-state index is 12.1. The zero-order chi connectivity index (χ0) is 15.6. The summed E-state index contributed by atoms with van der Waals surface area (Å²) in [5, 5.41) is 20.6. The summed E-state index contributed by atoms with van der Waals surface area (Å²) < 4.78 is 26.5. The largest absolute Gasteiger partial charge is 0.872 e. The van der Waals surface area contributed by atoms with Crippen LogP contribution in [-0.2, 0) is 10.0 Å². The van der Waals surface area contributed by atoms with E-state index in [2.05, 4.69) is 4.72 Å². The summed E-state index contributed by atoms with van der Waals surface area (Å²) in [5.74, 6) is -2.24. The van der Waals surface area contributed by atoms with E-state index in [0.717, 1.165) is 18.2 Å². The van der Waals surface area contributed by atoms with E-state index in [1.54, 1.807) is 0 Å². The summed E-state index contributed by atoms with van der Waals surface area (Å²) in [5.41, 5.74) is -0.337. The molecule has 0 amide bonds. The number of anilines is 1. The third-order valence-electron chi connectivity index (χ3n) is 2.59. The number of carbonyl (C=O) groups is 1. The Morgan fingerprint density at radius 3 is 2.27 bits per heavy atom. The molecule has 0 spiro atoms. The van der Waals surface area contributed by atoms with Crippen molar-refractivity contribution in [3.05, 3.63) is 53.1 Å². The molecule has 2 aromatic rings. The molecule has 0 aliphatic rings. The molecule has 0 unspecified atom stereocenters. The van der Waals surface area contributed by atoms with Gasteiger partial charge in [0.05, 0.1) is 10.5 Å². The molecule has 2 aromatic carbocycles. The fourth-order valence-corrected chi connectivity index (χ4v) is 2.79. The van der Waals surface area contributed by atoms with E-state index in [1.165, 1.54) is 24.3 Å². The molecule has 22 heavy (non-hydrogen) atoms. The average Bonchev–Trinajstić information content (AvgIpc) is 2.41. The number of carboxylic acid groups (broad SMARTS) is 1. The molecule has 0 bridgehead atoms. The standard InChI is InChI=1S/C13H10ClNO5S.K/c14-8-1-3-9(4-2-8)15-21(19,20)10-5-6-12(16)11(7-10)13(17)18;/h1-7,15-16H,(H,17,18);/p-1. The molecule has 0 heterocycles. The summed E-state index contributed by atoms with van der Waals surface area (Å²) in [6.07, 6.45) is 0. The first-order valence-corrected chi connectivity index (χ1v) is 7.48. The van der Waals surface area contributed by atoms with Gasteiger partial charge in [-0.3, -0.25) is 4.72 Å². The van der Waals surface area contributed by atoms with Crippen molar-refractivity contribution in [2.45, 2.75) is 4.90 Å². The Morgan fingerprint density at radius 1 is 1.14 bits per heavy atom. The number of carboxylic acids is 1. The second kappa shape index (κ2) is 7.78. The fraction of sp³-hybridized carbons (Fsp3) is 0. The Bertz CT molecular complexity index is 793. The normalized spacial score (nSPS) is 10.6. The quantitative estimate of drug-likeness (QED) is 0.799. The molecule has 9 heteroatoms. The number of sulfonamides is 1. The van der Waals surface area contributed by atoms with E-state index >= 15 is 0 Å². The van der Waals surface area contributed by atoms with Crippen LogP contribution in [0.4, 0.5) is 5.69 Å². The van der Waals surface area contributed by atoms with Crippen LogP contribution in [-0.4, -0.2) is 70.9 Å². The van der Waals surface area contributed by atoms with Crippen LogP contribution in [0.25, 0.3) is 0 Å². The van der Waals surface area contributed by atoms with Crippen molar-refractivity contribution in [1.82, 2.24) is 0 Å². The van der Waals surface area contributed by atoms with E-state index < -0.39 is 27.3 Å². The Hall–Kier alpha value is -0.614. The molecule has 0 aromatic heterocycles. The van der Waals surface area contributed by atoms with Gasteiger partial charge in [-0.25, -0.2) is 13.2 Å². The molecule has 0 saturated carbocycles. The van der Waals surface area contributed by atoms with Crippen LogP contribution in [0.1, 0.15) is 10.4 Å². The van der Waals surface area contributed by atoms with E-state index in [4.69, 9.17) is 16.7 Å². The SMILES string of the molecule is O=C(O)c1cc(S(=O)(=O)Nc2ccc(Cl)cc2)ccc1[O-].[K]. The van der Waals surface area contributed by atoms with E-state index in [0.29, 0.717) is 5.02 Å². The zero-order valence-corrected chi connectivity index (χ0v) is 16.1. The molecule has 6 nitrogen and oxygen atoms in total. The minimum atomic E-state index is -3.99. The number of hydrogen-bond donors (Lipinski definition) is 2. The average molecular weight is 366 g/mol. The van der Waals surface area contributed by atoms with Gasteiger partial charge in [0.1, 0.15) is 0 Å². The third-order valence-corrected chi connectivity index (χ3v) is 4.22. The molecule has 2 rings (SSSR count). The smallest absolute Gasteiger partial charge is 0.335 e. The molecule has 0 saturated heterocycles. The molecule has 1 radical (unpaired) electrons. The maximum Gasteiger partial charge on any atom is 0.335 e. The van der Waals surface area contributed by atoms with Gasteiger partial charge in [-0.15, -0.1) is 0 Å². The van der Waals surface area contributed by atoms with Crippen molar-refractivity contribution in [3.63, 3.8) is 0 Å². The Kier molecular flexibility index (Phi) is 6.87. The number of nitrogens with one attached hydrogen (secondary N) is 1. The number of benzene rings is 2. The van der Waals surface area contributed by atoms with Crippen molar-refractivity contribution < 1.29 is 23.4 Å². The summed E-state index contributed by atoms with van der Waals surface area (Å²) in [6.45, 7) is 0. The van der Waals surface area contributed by atoms with Crippen molar-refractivity contribution in [3.8, 4) is 5.75 Å². The number of hydrogen-bond acceptors (Lipinski definition) is 4. The maximum absolute atomic E-state index is 12.1. The van der Waals surface area contributed by atoms with Gasteiger partial charge in [-0.05, 0) is 36.4 Å². The molecular formula is C13H9ClKNO5S-. The summed E-state index contributed by atoms with van der Waals surface area (Å²) >= 11 is 5.70. The Balaban J connectivity index is 0.00000242. The van der Waals surface area contributed by atoms with Gasteiger partial charge in [0.2, 0.25) is 0 Å². The second-order valence-corrected chi connectivity index (χ2v) is 6.19. The fourth-order valence-electron chi connectivity index (χ4n) is 1.58. The van der Waals surface area contributed by atoms with Gasteiger partial charge in [0, 0.05) is 62.1 Å².